The highest BCUT2D eigenvalue weighted by Gasteiger charge is 2.50. The minimum absolute atomic E-state index is 0.0438. The van der Waals surface area contributed by atoms with Gasteiger partial charge >= 0.3 is 0 Å². The summed E-state index contributed by atoms with van der Waals surface area (Å²) in [7, 11) is 0. The van der Waals surface area contributed by atoms with Crippen molar-refractivity contribution in [2.45, 2.75) is 83.8 Å². The monoisotopic (exact) mass is 396 g/mol. The first-order chi connectivity index (χ1) is 13.1. The molecule has 7 heteroatoms. The Balaban J connectivity index is 1.80. The molecule has 7 nitrogen and oxygen atoms in total. The molecule has 0 radical (unpaired) electrons. The van der Waals surface area contributed by atoms with Crippen molar-refractivity contribution in [2.24, 2.45) is 11.3 Å². The van der Waals surface area contributed by atoms with Gasteiger partial charge in [-0.3, -0.25) is 4.79 Å². The maximum atomic E-state index is 12.4. The van der Waals surface area contributed by atoms with Gasteiger partial charge in [-0.25, -0.2) is 0 Å². The van der Waals surface area contributed by atoms with E-state index >= 15 is 0 Å². The number of rotatable bonds is 3. The number of ether oxygens (including phenoxy) is 2. The Kier molecular flexibility index (Phi) is 6.15. The van der Waals surface area contributed by atoms with E-state index in [-0.39, 0.29) is 23.2 Å². The Morgan fingerprint density at radius 3 is 2.54 bits per heavy atom. The fourth-order valence-electron chi connectivity index (χ4n) is 4.71. The molecule has 1 heterocycles. The second-order valence-corrected chi connectivity index (χ2v) is 8.81. The molecule has 0 aromatic carbocycles. The number of aliphatic hydroxyl groups is 4. The van der Waals surface area contributed by atoms with Crippen molar-refractivity contribution >= 4 is 5.78 Å². The average Bonchev–Trinajstić information content (AvgIpc) is 2.65. The van der Waals surface area contributed by atoms with Crippen molar-refractivity contribution in [2.75, 3.05) is 6.61 Å². The van der Waals surface area contributed by atoms with Crippen LogP contribution in [0.2, 0.25) is 0 Å². The van der Waals surface area contributed by atoms with Gasteiger partial charge in [-0.2, -0.15) is 0 Å². The lowest BCUT2D eigenvalue weighted by Crippen LogP contribution is -2.60. The van der Waals surface area contributed by atoms with E-state index in [1.807, 2.05) is 13.8 Å². The molecule has 0 spiro atoms. The molecule has 0 aromatic rings. The molecule has 28 heavy (non-hydrogen) atoms. The maximum absolute atomic E-state index is 12.4. The molecular weight excluding hydrogens is 364 g/mol. The Morgan fingerprint density at radius 2 is 1.93 bits per heavy atom. The maximum Gasteiger partial charge on any atom is 0.186 e. The van der Waals surface area contributed by atoms with Gasteiger partial charge < -0.3 is 29.9 Å². The van der Waals surface area contributed by atoms with Crippen LogP contribution in [-0.4, -0.2) is 69.6 Å². The van der Waals surface area contributed by atoms with Crippen LogP contribution in [0.4, 0.5) is 0 Å². The summed E-state index contributed by atoms with van der Waals surface area (Å²) in [5.41, 5.74) is 2.75. The first-order valence-corrected chi connectivity index (χ1v) is 9.97. The molecule has 0 unspecified atom stereocenters. The Morgan fingerprint density at radius 1 is 1.25 bits per heavy atom. The van der Waals surface area contributed by atoms with Crippen LogP contribution >= 0.6 is 0 Å². The number of ketones is 1. The van der Waals surface area contributed by atoms with Crippen LogP contribution in [0.3, 0.4) is 0 Å². The summed E-state index contributed by atoms with van der Waals surface area (Å²) in [4.78, 5) is 12.4. The van der Waals surface area contributed by atoms with Crippen LogP contribution in [-0.2, 0) is 14.3 Å². The molecule has 1 saturated heterocycles. The molecule has 1 aliphatic heterocycles. The van der Waals surface area contributed by atoms with Crippen LogP contribution in [0.5, 0.6) is 0 Å². The Bertz CT molecular complexity index is 678. The molecule has 0 amide bonds. The van der Waals surface area contributed by atoms with Crippen molar-refractivity contribution in [1.29, 1.82) is 0 Å². The number of hydrogen-bond acceptors (Lipinski definition) is 7. The average molecular weight is 396 g/mol. The van der Waals surface area contributed by atoms with Gasteiger partial charge in [0, 0.05) is 0 Å². The SMILES string of the molecule is CC(C)=C1C[C@@]2(C)C(=CC1=O)CC[C@@H](O[C@@H]1O[C@H](CO)[C@@H](O)[C@H](O)[C@H]1O)[C@@H]2C. The third-order valence-corrected chi connectivity index (χ3v) is 6.90. The summed E-state index contributed by atoms with van der Waals surface area (Å²) >= 11 is 0. The molecule has 4 N–H and O–H groups in total. The summed E-state index contributed by atoms with van der Waals surface area (Å²) in [6.07, 6.45) is -2.85. The number of carbonyl (C=O) groups is 1. The zero-order valence-electron chi connectivity index (χ0n) is 17.0. The Labute approximate surface area is 165 Å². The fourth-order valence-corrected chi connectivity index (χ4v) is 4.71. The smallest absolute Gasteiger partial charge is 0.186 e. The molecule has 0 bridgehead atoms. The number of aliphatic hydroxyl groups excluding tert-OH is 4. The predicted octanol–water partition coefficient (Wildman–Crippen LogP) is 0.843. The van der Waals surface area contributed by atoms with Gasteiger partial charge in [0.1, 0.15) is 24.4 Å². The van der Waals surface area contributed by atoms with Crippen LogP contribution < -0.4 is 0 Å². The largest absolute Gasteiger partial charge is 0.394 e. The molecule has 8 atom stereocenters. The molecule has 3 rings (SSSR count). The summed E-state index contributed by atoms with van der Waals surface area (Å²) in [6, 6.07) is 0. The highest BCUT2D eigenvalue weighted by Crippen LogP contribution is 2.52. The topological polar surface area (TPSA) is 116 Å². The van der Waals surface area contributed by atoms with Crippen molar-refractivity contribution in [3.05, 3.63) is 22.8 Å². The third-order valence-electron chi connectivity index (χ3n) is 6.90. The highest BCUT2D eigenvalue weighted by molar-refractivity contribution is 6.06. The van der Waals surface area contributed by atoms with Gasteiger partial charge in [0.15, 0.2) is 12.1 Å². The van der Waals surface area contributed by atoms with E-state index in [4.69, 9.17) is 9.47 Å². The van der Waals surface area contributed by atoms with Crippen LogP contribution in [0.25, 0.3) is 0 Å². The van der Waals surface area contributed by atoms with Gasteiger partial charge in [-0.05, 0) is 56.1 Å². The number of allylic oxidation sites excluding steroid dienone is 4. The predicted molar refractivity (Wildman–Crippen MR) is 101 cm³/mol. The molecule has 0 aromatic heterocycles. The molecule has 3 aliphatic rings. The molecule has 1 saturated carbocycles. The van der Waals surface area contributed by atoms with Crippen molar-refractivity contribution in [1.82, 2.24) is 0 Å². The summed E-state index contributed by atoms with van der Waals surface area (Å²) < 4.78 is 11.6. The zero-order valence-corrected chi connectivity index (χ0v) is 17.0. The number of carbonyl (C=O) groups excluding carboxylic acids is 1. The lowest BCUT2D eigenvalue weighted by molar-refractivity contribution is -0.318. The molecule has 158 valence electrons. The molecule has 2 fully saturated rings. The van der Waals surface area contributed by atoms with Gasteiger partial charge in [-0.1, -0.05) is 25.0 Å². The van der Waals surface area contributed by atoms with Crippen molar-refractivity contribution in [3.8, 4) is 0 Å². The van der Waals surface area contributed by atoms with Gasteiger partial charge in [-0.15, -0.1) is 0 Å². The first kappa shape index (κ1) is 21.6. The Hall–Kier alpha value is -1.09. The van der Waals surface area contributed by atoms with Crippen LogP contribution in [0.15, 0.2) is 22.8 Å². The van der Waals surface area contributed by atoms with Crippen molar-refractivity contribution < 1.29 is 34.7 Å². The number of hydrogen-bond donors (Lipinski definition) is 4. The molecular formula is C21H32O7. The van der Waals surface area contributed by atoms with E-state index in [1.165, 1.54) is 0 Å². The van der Waals surface area contributed by atoms with E-state index in [0.717, 1.165) is 16.7 Å². The van der Waals surface area contributed by atoms with E-state index in [1.54, 1.807) is 6.08 Å². The van der Waals surface area contributed by atoms with Gasteiger partial charge in [0.2, 0.25) is 0 Å². The quantitative estimate of drug-likeness (QED) is 0.523. The zero-order chi connectivity index (χ0) is 20.8. The minimum atomic E-state index is -1.45. The van der Waals surface area contributed by atoms with E-state index in [9.17, 15) is 25.2 Å². The second-order valence-electron chi connectivity index (χ2n) is 8.81. The third kappa shape index (κ3) is 3.60. The van der Waals surface area contributed by atoms with E-state index in [2.05, 4.69) is 13.8 Å². The van der Waals surface area contributed by atoms with Crippen molar-refractivity contribution in [3.63, 3.8) is 0 Å². The lowest BCUT2D eigenvalue weighted by atomic mass is 9.58. The summed E-state index contributed by atoms with van der Waals surface area (Å²) in [5, 5.41) is 39.6. The van der Waals surface area contributed by atoms with Gasteiger partial charge in [0.25, 0.3) is 0 Å². The standard InChI is InChI=1S/C21H32O7/c1-10(2)13-8-21(4)11(3)15(6-5-12(21)7-14(13)23)27-20-19(26)18(25)17(24)16(9-22)28-20/h7,11,15-20,22,24-26H,5-6,8-9H2,1-4H3/t11-,15+,16+,17+,18-,19+,20+,21+/m0/s1. The van der Waals surface area contributed by atoms with Crippen LogP contribution in [0.1, 0.15) is 47.0 Å². The summed E-state index contributed by atoms with van der Waals surface area (Å²) in [6.45, 7) is 7.62. The second kappa shape index (κ2) is 7.97. The van der Waals surface area contributed by atoms with Gasteiger partial charge in [0.05, 0.1) is 12.7 Å². The normalized spacial score (nSPS) is 44.1. The highest BCUT2D eigenvalue weighted by atomic mass is 16.7. The fraction of sp³-hybridized carbons (Fsp3) is 0.762. The summed E-state index contributed by atoms with van der Waals surface area (Å²) in [5.74, 6) is 0.135. The van der Waals surface area contributed by atoms with E-state index < -0.39 is 37.3 Å². The minimum Gasteiger partial charge on any atom is -0.394 e. The lowest BCUT2D eigenvalue weighted by Gasteiger charge is -2.50. The van der Waals surface area contributed by atoms with Crippen LogP contribution in [0, 0.1) is 11.3 Å². The number of fused-ring (bicyclic) bond motifs is 1. The first-order valence-electron chi connectivity index (χ1n) is 9.97. The van der Waals surface area contributed by atoms with E-state index in [0.29, 0.717) is 19.3 Å². The molecule has 2 aliphatic carbocycles.